The number of aromatic nitrogens is 3. The van der Waals surface area contributed by atoms with Gasteiger partial charge < -0.3 is 15.5 Å². The highest BCUT2D eigenvalue weighted by Crippen LogP contribution is 2.43. The summed E-state index contributed by atoms with van der Waals surface area (Å²) in [6.45, 7) is 1.20. The first-order valence-corrected chi connectivity index (χ1v) is 10.8. The zero-order chi connectivity index (χ0) is 25.2. The summed E-state index contributed by atoms with van der Waals surface area (Å²) in [5.41, 5.74) is 4.54. The van der Waals surface area contributed by atoms with Gasteiger partial charge in [0.2, 0.25) is 17.3 Å². The van der Waals surface area contributed by atoms with E-state index < -0.39 is 35.3 Å². The molecule has 9 nitrogen and oxygen atoms in total. The number of pyridine rings is 1. The fourth-order valence-corrected chi connectivity index (χ4v) is 4.14. The zero-order valence-corrected chi connectivity index (χ0v) is 18.7. The number of rotatable bonds is 6. The van der Waals surface area contributed by atoms with Crippen molar-refractivity contribution in [2.24, 2.45) is 5.73 Å². The number of para-hydroxylation sites is 1. The number of ether oxygens (including phenoxy) is 1. The number of hydrogen-bond donors (Lipinski definition) is 2. The summed E-state index contributed by atoms with van der Waals surface area (Å²) in [6, 6.07) is 14.1. The lowest BCUT2D eigenvalue weighted by Gasteiger charge is -2.45. The first-order valence-electron chi connectivity index (χ1n) is 10.8. The number of carbonyl (C=O) groups is 1. The lowest BCUT2D eigenvalue weighted by molar-refractivity contribution is -0.139. The summed E-state index contributed by atoms with van der Waals surface area (Å²) in [7, 11) is 0. The lowest BCUT2D eigenvalue weighted by atomic mass is 9.83. The van der Waals surface area contributed by atoms with Crippen molar-refractivity contribution < 1.29 is 18.3 Å². The van der Waals surface area contributed by atoms with E-state index in [2.05, 4.69) is 15.2 Å². The Hall–Kier alpha value is -4.17. The minimum Gasteiger partial charge on any atom is -0.436 e. The third kappa shape index (κ3) is 4.61. The molecule has 1 fully saturated rings. The van der Waals surface area contributed by atoms with E-state index >= 15 is 0 Å². The third-order valence-electron chi connectivity index (χ3n) is 6.31. The molecule has 1 saturated heterocycles. The fourth-order valence-electron chi connectivity index (χ4n) is 4.14. The summed E-state index contributed by atoms with van der Waals surface area (Å²) in [5, 5.41) is 17.3. The topological polar surface area (TPSA) is 138 Å². The molecule has 180 valence electrons. The monoisotopic (exact) mass is 480 g/mol. The number of amides is 1. The number of likely N-dealkylation sites (tertiary alicyclic amines) is 1. The van der Waals surface area contributed by atoms with Gasteiger partial charge in [0.05, 0.1) is 17.2 Å². The maximum Gasteiger partial charge on any atom is 0.257 e. The van der Waals surface area contributed by atoms with Crippen LogP contribution in [0, 0.1) is 11.3 Å². The molecule has 0 bridgehead atoms. The maximum absolute atomic E-state index is 14.8. The van der Waals surface area contributed by atoms with Crippen LogP contribution in [0.3, 0.4) is 0 Å². The number of halogens is 2. The van der Waals surface area contributed by atoms with Gasteiger partial charge >= 0.3 is 0 Å². The van der Waals surface area contributed by atoms with Crippen molar-refractivity contribution in [3.05, 3.63) is 81.9 Å². The number of benzene rings is 1. The molecule has 35 heavy (non-hydrogen) atoms. The number of nitrogens with two attached hydrogens (primary N) is 1. The van der Waals surface area contributed by atoms with Crippen LogP contribution in [0.2, 0.25) is 0 Å². The Balaban J connectivity index is 1.62. The highest BCUT2D eigenvalue weighted by molar-refractivity contribution is 5.85. The van der Waals surface area contributed by atoms with Gasteiger partial charge in [0, 0.05) is 37.8 Å². The molecule has 0 radical (unpaired) electrons. The molecule has 0 spiro atoms. The number of piperidine rings is 1. The van der Waals surface area contributed by atoms with E-state index in [-0.39, 0.29) is 36.0 Å². The number of alkyl halides is 2. The summed E-state index contributed by atoms with van der Waals surface area (Å²) in [4.78, 5) is 28.0. The van der Waals surface area contributed by atoms with Crippen LogP contribution in [-0.4, -0.2) is 45.0 Å². The molecule has 1 aliphatic rings. The van der Waals surface area contributed by atoms with Gasteiger partial charge in [-0.25, -0.2) is 8.78 Å². The zero-order valence-electron chi connectivity index (χ0n) is 18.7. The Morgan fingerprint density at radius 1 is 1.26 bits per heavy atom. The van der Waals surface area contributed by atoms with Gasteiger partial charge in [0.15, 0.2) is 0 Å². The Morgan fingerprint density at radius 2 is 2.03 bits per heavy atom. The molecular weight excluding hydrogens is 458 g/mol. The summed E-state index contributed by atoms with van der Waals surface area (Å²) < 4.78 is 35.3. The average molecular weight is 480 g/mol. The van der Waals surface area contributed by atoms with Crippen LogP contribution in [0.4, 0.5) is 8.78 Å². The fraction of sp³-hybridized carbons (Fsp3) is 0.292. The second-order valence-electron chi connectivity index (χ2n) is 8.40. The first kappa shape index (κ1) is 24.0. The van der Waals surface area contributed by atoms with Crippen molar-refractivity contribution >= 4 is 5.91 Å². The van der Waals surface area contributed by atoms with Crippen molar-refractivity contribution in [2.75, 3.05) is 13.1 Å². The number of nitrogens with zero attached hydrogens (tertiary/aromatic N) is 4. The second-order valence-corrected chi connectivity index (χ2v) is 8.40. The van der Waals surface area contributed by atoms with E-state index in [9.17, 15) is 23.6 Å². The molecule has 3 aromatic rings. The number of H-pyrrole nitrogens is 1. The van der Waals surface area contributed by atoms with Crippen LogP contribution in [0.1, 0.15) is 36.1 Å². The number of nitrogens with one attached hydrogen (secondary N) is 1. The number of primary amides is 1. The van der Waals surface area contributed by atoms with E-state index in [0.717, 1.165) is 0 Å². The van der Waals surface area contributed by atoms with Crippen LogP contribution in [0.25, 0.3) is 0 Å². The predicted molar refractivity (Wildman–Crippen MR) is 121 cm³/mol. The van der Waals surface area contributed by atoms with Crippen molar-refractivity contribution in [2.45, 2.75) is 30.7 Å². The van der Waals surface area contributed by atoms with Crippen LogP contribution in [0.5, 0.6) is 11.6 Å². The Kier molecular flexibility index (Phi) is 6.32. The smallest absolute Gasteiger partial charge is 0.257 e. The standard InChI is InChI=1S/C24H22F2N6O3/c1-23(22(28)34,19-7-9-21(31-30-19)35-18-5-3-2-4-15(18)12-27)32-11-10-24(25,26)17(14-32)16-6-8-20(33)29-13-16/h2-9,13,17H,10-11,14H2,1H3,(H2,28,34)(H,29,33)/t17-,23?/m1/s1. The molecule has 11 heteroatoms. The quantitative estimate of drug-likeness (QED) is 0.553. The molecule has 2 atom stereocenters. The lowest BCUT2D eigenvalue weighted by Crippen LogP contribution is -2.59. The number of hydrogen-bond acceptors (Lipinski definition) is 7. The molecule has 1 unspecified atom stereocenters. The Labute approximate surface area is 199 Å². The Bertz CT molecular complexity index is 1320. The SMILES string of the molecule is CC(C(N)=O)(c1ccc(Oc2ccccc2C#N)nn1)N1CCC(F)(F)[C@@H](c2ccc(=O)[nH]c2)C1. The number of carbonyl (C=O) groups excluding carboxylic acids is 1. The number of nitriles is 1. The van der Waals surface area contributed by atoms with Gasteiger partial charge in [0.25, 0.3) is 5.92 Å². The van der Waals surface area contributed by atoms with E-state index in [0.29, 0.717) is 5.56 Å². The van der Waals surface area contributed by atoms with Crippen molar-refractivity contribution in [1.29, 1.82) is 5.26 Å². The highest BCUT2D eigenvalue weighted by Gasteiger charge is 2.51. The predicted octanol–water partition coefficient (Wildman–Crippen LogP) is 2.65. The average Bonchev–Trinajstić information content (AvgIpc) is 2.85. The minimum absolute atomic E-state index is 0.0829. The van der Waals surface area contributed by atoms with E-state index in [4.69, 9.17) is 10.5 Å². The van der Waals surface area contributed by atoms with Gasteiger partial charge in [-0.1, -0.05) is 18.2 Å². The van der Waals surface area contributed by atoms with Gasteiger partial charge in [-0.2, -0.15) is 5.26 Å². The van der Waals surface area contributed by atoms with E-state index in [1.165, 1.54) is 37.4 Å². The second kappa shape index (κ2) is 9.23. The highest BCUT2D eigenvalue weighted by atomic mass is 19.3. The van der Waals surface area contributed by atoms with Gasteiger partial charge in [-0.05, 0) is 30.7 Å². The molecule has 3 N–H and O–H groups in total. The molecule has 0 aliphatic carbocycles. The first-order chi connectivity index (χ1) is 16.6. The van der Waals surface area contributed by atoms with E-state index in [1.54, 1.807) is 29.2 Å². The molecule has 2 aromatic heterocycles. The third-order valence-corrected chi connectivity index (χ3v) is 6.31. The molecule has 4 rings (SSSR count). The van der Waals surface area contributed by atoms with Gasteiger partial charge in [-0.3, -0.25) is 14.5 Å². The molecule has 1 amide bonds. The van der Waals surface area contributed by atoms with Crippen molar-refractivity contribution in [3.63, 3.8) is 0 Å². The summed E-state index contributed by atoms with van der Waals surface area (Å²) in [6.07, 6.45) is 0.746. The maximum atomic E-state index is 14.8. The van der Waals surface area contributed by atoms with Crippen molar-refractivity contribution in [1.82, 2.24) is 20.1 Å². The molecule has 1 aliphatic heterocycles. The summed E-state index contributed by atoms with van der Waals surface area (Å²) >= 11 is 0. The Morgan fingerprint density at radius 3 is 2.66 bits per heavy atom. The molecule has 0 saturated carbocycles. The molecule has 1 aromatic carbocycles. The van der Waals surface area contributed by atoms with Crippen LogP contribution in [-0.2, 0) is 10.3 Å². The van der Waals surface area contributed by atoms with Gasteiger partial charge in [0.1, 0.15) is 17.4 Å². The number of aromatic amines is 1. The van der Waals surface area contributed by atoms with Crippen molar-refractivity contribution in [3.8, 4) is 17.7 Å². The van der Waals surface area contributed by atoms with Crippen LogP contribution < -0.4 is 16.0 Å². The molecular formula is C24H22F2N6O3. The normalized spacial score (nSPS) is 19.3. The molecule has 3 heterocycles. The van der Waals surface area contributed by atoms with Gasteiger partial charge in [-0.15, -0.1) is 10.2 Å². The van der Waals surface area contributed by atoms with Crippen LogP contribution in [0.15, 0.2) is 59.5 Å². The largest absolute Gasteiger partial charge is 0.436 e. The summed E-state index contributed by atoms with van der Waals surface area (Å²) in [5.74, 6) is -4.73. The van der Waals surface area contributed by atoms with E-state index in [1.807, 2.05) is 6.07 Å². The minimum atomic E-state index is -3.05. The van der Waals surface area contributed by atoms with Crippen LogP contribution >= 0.6 is 0 Å².